The van der Waals surface area contributed by atoms with E-state index in [2.05, 4.69) is 34.8 Å². The van der Waals surface area contributed by atoms with Gasteiger partial charge in [-0.3, -0.25) is 0 Å². The van der Waals surface area contributed by atoms with Crippen LogP contribution in [-0.4, -0.2) is 33.3 Å². The van der Waals surface area contributed by atoms with Crippen LogP contribution in [0.5, 0.6) is 5.75 Å². The maximum absolute atomic E-state index is 14.3. The first kappa shape index (κ1) is 23.0. The molecule has 3 heterocycles. The van der Waals surface area contributed by atoms with Crippen LogP contribution >= 0.6 is 11.8 Å². The number of rotatable bonds is 6. The third kappa shape index (κ3) is 4.22. The van der Waals surface area contributed by atoms with E-state index in [1.165, 1.54) is 18.6 Å². The van der Waals surface area contributed by atoms with E-state index in [0.29, 0.717) is 12.5 Å². The first-order valence-corrected chi connectivity index (χ1v) is 13.0. The summed E-state index contributed by atoms with van der Waals surface area (Å²) in [6.07, 6.45) is 2.99. The number of benzene rings is 2. The van der Waals surface area contributed by atoms with Gasteiger partial charge in [-0.1, -0.05) is 24.2 Å². The molecule has 1 saturated heterocycles. The van der Waals surface area contributed by atoms with Gasteiger partial charge in [0.25, 0.3) is 0 Å². The van der Waals surface area contributed by atoms with Crippen molar-refractivity contribution in [3.05, 3.63) is 65.1 Å². The van der Waals surface area contributed by atoms with Crippen LogP contribution in [0.3, 0.4) is 0 Å². The van der Waals surface area contributed by atoms with Gasteiger partial charge in [0.2, 0.25) is 0 Å². The number of nitrogens with zero attached hydrogens (tertiary/aromatic N) is 3. The fourth-order valence-corrected chi connectivity index (χ4v) is 6.21. The monoisotopic (exact) mass is 479 g/mol. The Morgan fingerprint density at radius 3 is 2.65 bits per heavy atom. The number of imidazole rings is 1. The minimum atomic E-state index is -0.325. The molecule has 1 aliphatic heterocycles. The van der Waals surface area contributed by atoms with Gasteiger partial charge in [-0.25, -0.2) is 9.37 Å². The quantitative estimate of drug-likeness (QED) is 0.302. The zero-order chi connectivity index (χ0) is 23.8. The van der Waals surface area contributed by atoms with E-state index in [0.717, 1.165) is 57.8 Å². The number of aryl methyl sites for hydroxylation is 2. The lowest BCUT2D eigenvalue weighted by atomic mass is 9.99. The van der Waals surface area contributed by atoms with Crippen LogP contribution in [0.2, 0.25) is 0 Å². The number of methoxy groups -OCH3 is 1. The second-order valence-corrected chi connectivity index (χ2v) is 10.4. The van der Waals surface area contributed by atoms with Gasteiger partial charge in [-0.05, 0) is 80.0 Å². The van der Waals surface area contributed by atoms with Gasteiger partial charge in [0.05, 0.1) is 23.8 Å². The number of fused-ring (bicyclic) bond motifs is 1. The maximum atomic E-state index is 14.3. The molecule has 34 heavy (non-hydrogen) atoms. The highest BCUT2D eigenvalue weighted by Crippen LogP contribution is 2.37. The van der Waals surface area contributed by atoms with Gasteiger partial charge < -0.3 is 13.8 Å². The maximum Gasteiger partial charge on any atom is 0.165 e. The molecule has 0 radical (unpaired) electrons. The minimum Gasteiger partial charge on any atom is -0.494 e. The van der Waals surface area contributed by atoms with E-state index in [1.807, 2.05) is 31.7 Å². The summed E-state index contributed by atoms with van der Waals surface area (Å²) in [6.45, 7) is 6.10. The van der Waals surface area contributed by atoms with Crippen LogP contribution in [0, 0.1) is 19.7 Å². The lowest BCUT2D eigenvalue weighted by Crippen LogP contribution is -2.19. The SMILES string of the molecule is COc1ccc(CC(C)c2nc3cc(-c4c(C)noc4C)ccc3n2C2CCSCC2)cc1F. The van der Waals surface area contributed by atoms with Crippen LogP contribution in [0.15, 0.2) is 40.9 Å². The molecule has 0 N–H and O–H groups in total. The Kier molecular flexibility index (Phi) is 6.38. The molecular formula is C27H30FN3O2S. The second kappa shape index (κ2) is 9.45. The van der Waals surface area contributed by atoms with Crippen LogP contribution < -0.4 is 4.74 Å². The van der Waals surface area contributed by atoms with E-state index in [9.17, 15) is 4.39 Å². The number of hydrogen-bond donors (Lipinski definition) is 0. The Morgan fingerprint density at radius 2 is 1.97 bits per heavy atom. The number of aromatic nitrogens is 3. The Balaban J connectivity index is 1.56. The molecule has 1 atom stereocenters. The molecule has 2 aromatic heterocycles. The van der Waals surface area contributed by atoms with Crippen molar-refractivity contribution in [3.63, 3.8) is 0 Å². The average Bonchev–Trinajstić information content (AvgIpc) is 3.38. The summed E-state index contributed by atoms with van der Waals surface area (Å²) in [7, 11) is 1.49. The normalized spacial score (nSPS) is 15.7. The molecule has 0 saturated carbocycles. The molecule has 178 valence electrons. The molecule has 1 fully saturated rings. The molecule has 0 bridgehead atoms. The topological polar surface area (TPSA) is 53.1 Å². The van der Waals surface area contributed by atoms with Crippen molar-refractivity contribution in [1.82, 2.24) is 14.7 Å². The molecule has 2 aromatic carbocycles. The van der Waals surface area contributed by atoms with Gasteiger partial charge in [-0.15, -0.1) is 0 Å². The number of hydrogen-bond acceptors (Lipinski definition) is 5. The predicted molar refractivity (Wildman–Crippen MR) is 135 cm³/mol. The number of halogens is 1. The van der Waals surface area contributed by atoms with Crippen molar-refractivity contribution < 1.29 is 13.7 Å². The van der Waals surface area contributed by atoms with Crippen molar-refractivity contribution in [2.75, 3.05) is 18.6 Å². The molecular weight excluding hydrogens is 449 g/mol. The lowest BCUT2D eigenvalue weighted by molar-refractivity contribution is 0.386. The van der Waals surface area contributed by atoms with Crippen LogP contribution in [0.25, 0.3) is 22.2 Å². The van der Waals surface area contributed by atoms with Crippen LogP contribution in [0.1, 0.15) is 54.6 Å². The van der Waals surface area contributed by atoms with Crippen molar-refractivity contribution in [3.8, 4) is 16.9 Å². The van der Waals surface area contributed by atoms with Gasteiger partial charge in [0.1, 0.15) is 11.6 Å². The molecule has 1 aliphatic rings. The van der Waals surface area contributed by atoms with Crippen molar-refractivity contribution in [2.45, 2.75) is 52.0 Å². The van der Waals surface area contributed by atoms with Crippen LogP contribution in [0.4, 0.5) is 4.39 Å². The fraction of sp³-hybridized carbons (Fsp3) is 0.407. The third-order valence-corrected chi connectivity index (χ3v) is 7.84. The highest BCUT2D eigenvalue weighted by atomic mass is 32.2. The van der Waals surface area contributed by atoms with E-state index in [4.69, 9.17) is 14.2 Å². The lowest BCUT2D eigenvalue weighted by Gasteiger charge is -2.27. The first-order valence-electron chi connectivity index (χ1n) is 11.8. The Morgan fingerprint density at radius 1 is 1.18 bits per heavy atom. The van der Waals surface area contributed by atoms with Crippen LogP contribution in [-0.2, 0) is 6.42 Å². The highest BCUT2D eigenvalue weighted by molar-refractivity contribution is 7.99. The third-order valence-electron chi connectivity index (χ3n) is 6.79. The average molecular weight is 480 g/mol. The van der Waals surface area contributed by atoms with Crippen molar-refractivity contribution >= 4 is 22.8 Å². The summed E-state index contributed by atoms with van der Waals surface area (Å²) < 4.78 is 27.3. The predicted octanol–water partition coefficient (Wildman–Crippen LogP) is 6.87. The summed E-state index contributed by atoms with van der Waals surface area (Å²) >= 11 is 2.02. The molecule has 7 heteroatoms. The molecule has 1 unspecified atom stereocenters. The molecule has 0 spiro atoms. The summed E-state index contributed by atoms with van der Waals surface area (Å²) in [4.78, 5) is 5.16. The summed E-state index contributed by atoms with van der Waals surface area (Å²) in [5, 5.41) is 4.12. The Labute approximate surface area is 203 Å². The smallest absolute Gasteiger partial charge is 0.165 e. The molecule has 5 rings (SSSR count). The molecule has 0 amide bonds. The van der Waals surface area contributed by atoms with Crippen molar-refractivity contribution in [2.24, 2.45) is 0 Å². The fourth-order valence-electron chi connectivity index (χ4n) is 5.12. The Hall–Kier alpha value is -2.80. The largest absolute Gasteiger partial charge is 0.494 e. The zero-order valence-electron chi connectivity index (χ0n) is 20.1. The first-order chi connectivity index (χ1) is 16.5. The Bertz CT molecular complexity index is 1300. The molecule has 5 nitrogen and oxygen atoms in total. The summed E-state index contributed by atoms with van der Waals surface area (Å²) in [5.74, 6) is 4.30. The van der Waals surface area contributed by atoms with Gasteiger partial charge in [-0.2, -0.15) is 11.8 Å². The van der Waals surface area contributed by atoms with E-state index >= 15 is 0 Å². The van der Waals surface area contributed by atoms with Gasteiger partial charge in [0, 0.05) is 17.5 Å². The molecule has 4 aromatic rings. The van der Waals surface area contributed by atoms with E-state index in [-0.39, 0.29) is 17.5 Å². The summed E-state index contributed by atoms with van der Waals surface area (Å²) in [6, 6.07) is 12.1. The van der Waals surface area contributed by atoms with E-state index in [1.54, 1.807) is 12.1 Å². The zero-order valence-corrected chi connectivity index (χ0v) is 20.9. The van der Waals surface area contributed by atoms with E-state index < -0.39 is 0 Å². The molecule has 0 aliphatic carbocycles. The van der Waals surface area contributed by atoms with Crippen molar-refractivity contribution in [1.29, 1.82) is 0 Å². The summed E-state index contributed by atoms with van der Waals surface area (Å²) in [5.41, 5.74) is 6.09. The highest BCUT2D eigenvalue weighted by Gasteiger charge is 2.25. The number of thioether (sulfide) groups is 1. The number of ether oxygens (including phenoxy) is 1. The standard InChI is InChI=1S/C27H30FN3O2S/c1-16(13-19-5-8-25(32-4)22(28)14-19)27-29-23-15-20(26-17(2)30-33-18(26)3)6-7-24(23)31(27)21-9-11-34-12-10-21/h5-8,14-16,21H,9-13H2,1-4H3. The van der Waals surface area contributed by atoms with Gasteiger partial charge >= 0.3 is 0 Å². The second-order valence-electron chi connectivity index (χ2n) is 9.16. The minimum absolute atomic E-state index is 0.136. The van der Waals surface area contributed by atoms with Gasteiger partial charge in [0.15, 0.2) is 11.6 Å².